The Morgan fingerprint density at radius 1 is 1.35 bits per heavy atom. The van der Waals surface area contributed by atoms with E-state index in [1.807, 2.05) is 19.2 Å². The number of hydrogen-bond acceptors (Lipinski definition) is 4. The first-order valence-electron chi connectivity index (χ1n) is 7.66. The van der Waals surface area contributed by atoms with E-state index in [1.165, 1.54) is 22.5 Å². The van der Waals surface area contributed by atoms with Crippen LogP contribution in [0, 0.1) is 19.8 Å². The predicted octanol–water partition coefficient (Wildman–Crippen LogP) is 4.06. The number of fused-ring (bicyclic) bond motifs is 1. The van der Waals surface area contributed by atoms with Gasteiger partial charge < -0.3 is 0 Å². The first-order chi connectivity index (χ1) is 10.9. The van der Waals surface area contributed by atoms with Gasteiger partial charge in [0.2, 0.25) is 16.8 Å². The highest BCUT2D eigenvalue weighted by Gasteiger charge is 2.15. The fraction of sp³-hybridized carbons (Fsp3) is 0.353. The summed E-state index contributed by atoms with van der Waals surface area (Å²) in [6.07, 6.45) is 0.469. The molecular weight excluding hydrogens is 308 g/mol. The molecule has 0 radical (unpaired) electrons. The number of aryl methyl sites for hydroxylation is 2. The number of rotatable bonds is 4. The number of nitrogens with one attached hydrogen (secondary N) is 1. The standard InChI is InChI=1S/C17H20N4OS/c1-10(2)7-15(22)18-16-19-17-21(20-16)14(9-23-17)13-6-5-11(3)8-12(13)4/h5-6,8-10H,7H2,1-4H3,(H,18,20,22). The summed E-state index contributed by atoms with van der Waals surface area (Å²) in [7, 11) is 0. The molecule has 0 bridgehead atoms. The molecule has 3 aromatic rings. The van der Waals surface area contributed by atoms with Crippen molar-refractivity contribution >= 4 is 28.2 Å². The van der Waals surface area contributed by atoms with Crippen molar-refractivity contribution in [3.63, 3.8) is 0 Å². The predicted molar refractivity (Wildman–Crippen MR) is 93.9 cm³/mol. The van der Waals surface area contributed by atoms with Crippen LogP contribution < -0.4 is 5.32 Å². The molecule has 1 amide bonds. The molecule has 1 aromatic carbocycles. The van der Waals surface area contributed by atoms with Crippen molar-refractivity contribution in [2.75, 3.05) is 5.32 Å². The van der Waals surface area contributed by atoms with Gasteiger partial charge in [0.15, 0.2) is 0 Å². The van der Waals surface area contributed by atoms with Gasteiger partial charge in [-0.2, -0.15) is 4.98 Å². The number of amides is 1. The molecule has 3 rings (SSSR count). The molecule has 2 heterocycles. The molecule has 0 unspecified atom stereocenters. The van der Waals surface area contributed by atoms with Crippen LogP contribution in [-0.4, -0.2) is 20.5 Å². The average molecular weight is 328 g/mol. The SMILES string of the molecule is Cc1ccc(-c2csc3nc(NC(=O)CC(C)C)nn23)c(C)c1. The second-order valence-electron chi connectivity index (χ2n) is 6.22. The molecule has 0 fully saturated rings. The van der Waals surface area contributed by atoms with Crippen LogP contribution in [0.4, 0.5) is 5.95 Å². The van der Waals surface area contributed by atoms with Crippen LogP contribution in [0.3, 0.4) is 0 Å². The summed E-state index contributed by atoms with van der Waals surface area (Å²) in [5.41, 5.74) is 4.56. The summed E-state index contributed by atoms with van der Waals surface area (Å²) in [4.78, 5) is 17.0. The van der Waals surface area contributed by atoms with Crippen molar-refractivity contribution in [1.29, 1.82) is 0 Å². The number of carbonyl (C=O) groups excluding carboxylic acids is 1. The lowest BCUT2D eigenvalue weighted by molar-refractivity contribution is -0.116. The minimum absolute atomic E-state index is 0.0497. The van der Waals surface area contributed by atoms with E-state index in [2.05, 4.69) is 47.4 Å². The second-order valence-corrected chi connectivity index (χ2v) is 7.05. The average Bonchev–Trinajstić information content (AvgIpc) is 2.98. The van der Waals surface area contributed by atoms with Crippen molar-refractivity contribution in [2.45, 2.75) is 34.1 Å². The highest BCUT2D eigenvalue weighted by Crippen LogP contribution is 2.28. The highest BCUT2D eigenvalue weighted by molar-refractivity contribution is 7.15. The third-order valence-corrected chi connectivity index (χ3v) is 4.40. The molecule has 0 aliphatic heterocycles. The van der Waals surface area contributed by atoms with Gasteiger partial charge in [0.1, 0.15) is 0 Å². The van der Waals surface area contributed by atoms with Gasteiger partial charge in [0.05, 0.1) is 5.69 Å². The quantitative estimate of drug-likeness (QED) is 0.785. The van der Waals surface area contributed by atoms with Crippen LogP contribution in [0.5, 0.6) is 0 Å². The Labute approximate surface area is 139 Å². The zero-order valence-electron chi connectivity index (χ0n) is 13.8. The Morgan fingerprint density at radius 2 is 2.13 bits per heavy atom. The van der Waals surface area contributed by atoms with Crippen LogP contribution in [0.25, 0.3) is 16.2 Å². The molecule has 23 heavy (non-hydrogen) atoms. The molecule has 0 saturated heterocycles. The Bertz CT molecular complexity index is 863. The Hall–Kier alpha value is -2.21. The third kappa shape index (κ3) is 3.27. The highest BCUT2D eigenvalue weighted by atomic mass is 32.1. The molecule has 2 aromatic heterocycles. The first kappa shape index (κ1) is 15.7. The number of aromatic nitrogens is 3. The summed E-state index contributed by atoms with van der Waals surface area (Å²) < 4.78 is 1.80. The van der Waals surface area contributed by atoms with Gasteiger partial charge in [-0.1, -0.05) is 37.6 Å². The molecule has 120 valence electrons. The maximum atomic E-state index is 11.9. The largest absolute Gasteiger partial charge is 0.293 e. The Balaban J connectivity index is 1.93. The van der Waals surface area contributed by atoms with Crippen LogP contribution >= 0.6 is 11.3 Å². The molecule has 1 N–H and O–H groups in total. The summed E-state index contributed by atoms with van der Waals surface area (Å²) in [5, 5.41) is 9.27. The lowest BCUT2D eigenvalue weighted by Crippen LogP contribution is -2.14. The Kier molecular flexibility index (Phi) is 4.17. The van der Waals surface area contributed by atoms with Crippen molar-refractivity contribution in [3.05, 3.63) is 34.7 Å². The van der Waals surface area contributed by atoms with E-state index < -0.39 is 0 Å². The lowest BCUT2D eigenvalue weighted by Gasteiger charge is -2.05. The van der Waals surface area contributed by atoms with E-state index in [0.29, 0.717) is 18.3 Å². The van der Waals surface area contributed by atoms with Crippen LogP contribution in [-0.2, 0) is 4.79 Å². The van der Waals surface area contributed by atoms with Gasteiger partial charge in [-0.25, -0.2) is 4.52 Å². The van der Waals surface area contributed by atoms with Gasteiger partial charge in [0, 0.05) is 17.4 Å². The number of benzene rings is 1. The number of thiazole rings is 1. The zero-order chi connectivity index (χ0) is 16.6. The number of nitrogens with zero attached hydrogens (tertiary/aromatic N) is 3. The zero-order valence-corrected chi connectivity index (χ0v) is 14.6. The summed E-state index contributed by atoms with van der Waals surface area (Å²) in [6, 6.07) is 6.35. The molecule has 0 aliphatic carbocycles. The summed E-state index contributed by atoms with van der Waals surface area (Å²) in [5.74, 6) is 0.629. The topological polar surface area (TPSA) is 59.3 Å². The van der Waals surface area contributed by atoms with Crippen molar-refractivity contribution in [3.8, 4) is 11.3 Å². The third-order valence-electron chi connectivity index (χ3n) is 3.58. The first-order valence-corrected chi connectivity index (χ1v) is 8.53. The van der Waals surface area contributed by atoms with E-state index >= 15 is 0 Å². The molecular formula is C17H20N4OS. The smallest absolute Gasteiger partial charge is 0.250 e. The minimum Gasteiger partial charge on any atom is -0.293 e. The lowest BCUT2D eigenvalue weighted by atomic mass is 10.0. The normalized spacial score (nSPS) is 11.3. The van der Waals surface area contributed by atoms with Gasteiger partial charge in [0.25, 0.3) is 0 Å². The Morgan fingerprint density at radius 3 is 2.83 bits per heavy atom. The van der Waals surface area contributed by atoms with Gasteiger partial charge >= 0.3 is 0 Å². The maximum absolute atomic E-state index is 11.9. The maximum Gasteiger partial charge on any atom is 0.250 e. The minimum atomic E-state index is -0.0497. The second kappa shape index (κ2) is 6.12. The van der Waals surface area contributed by atoms with Gasteiger partial charge in [-0.15, -0.1) is 16.4 Å². The van der Waals surface area contributed by atoms with Gasteiger partial charge in [-0.05, 0) is 25.3 Å². The van der Waals surface area contributed by atoms with Crippen molar-refractivity contribution in [2.24, 2.45) is 5.92 Å². The molecule has 0 spiro atoms. The van der Waals surface area contributed by atoms with Crippen LogP contribution in [0.2, 0.25) is 0 Å². The van der Waals surface area contributed by atoms with Crippen LogP contribution in [0.15, 0.2) is 23.6 Å². The number of carbonyl (C=O) groups is 1. The van der Waals surface area contributed by atoms with E-state index in [9.17, 15) is 4.79 Å². The van der Waals surface area contributed by atoms with E-state index in [-0.39, 0.29) is 5.91 Å². The number of anilines is 1. The van der Waals surface area contributed by atoms with E-state index in [1.54, 1.807) is 4.52 Å². The fourth-order valence-electron chi connectivity index (χ4n) is 2.57. The molecule has 0 aliphatic rings. The van der Waals surface area contributed by atoms with Gasteiger partial charge in [-0.3, -0.25) is 10.1 Å². The molecule has 6 heteroatoms. The molecule has 0 saturated carbocycles. The van der Waals surface area contributed by atoms with E-state index in [4.69, 9.17) is 0 Å². The van der Waals surface area contributed by atoms with Crippen molar-refractivity contribution < 1.29 is 4.79 Å². The van der Waals surface area contributed by atoms with Crippen molar-refractivity contribution in [1.82, 2.24) is 14.6 Å². The molecule has 5 nitrogen and oxygen atoms in total. The van der Waals surface area contributed by atoms with Crippen LogP contribution in [0.1, 0.15) is 31.4 Å². The molecule has 0 atom stereocenters. The summed E-state index contributed by atoms with van der Waals surface area (Å²) in [6.45, 7) is 8.19. The number of hydrogen-bond donors (Lipinski definition) is 1. The monoisotopic (exact) mass is 328 g/mol. The fourth-order valence-corrected chi connectivity index (χ4v) is 3.39. The summed E-state index contributed by atoms with van der Waals surface area (Å²) >= 11 is 1.52. The van der Waals surface area contributed by atoms with E-state index in [0.717, 1.165) is 16.2 Å².